The number of benzene rings is 1. The second-order valence-corrected chi connectivity index (χ2v) is 3.02. The van der Waals surface area contributed by atoms with Crippen LogP contribution < -0.4 is 4.74 Å². The molecule has 0 spiro atoms. The lowest BCUT2D eigenvalue weighted by atomic mass is 10.2. The summed E-state index contributed by atoms with van der Waals surface area (Å²) in [6.45, 7) is 1.35. The molecule has 0 aliphatic heterocycles. The normalized spacial score (nSPS) is 9.87. The number of rotatable bonds is 1. The minimum Gasteiger partial charge on any atom is -0.427 e. The number of ether oxygens (including phenoxy) is 1. The van der Waals surface area contributed by atoms with Crippen LogP contribution in [-0.2, 0) is 4.79 Å². The zero-order valence-corrected chi connectivity index (χ0v) is 8.07. The molecule has 0 atom stereocenters. The van der Waals surface area contributed by atoms with Gasteiger partial charge >= 0.3 is 5.97 Å². The molecule has 0 unspecified atom stereocenters. The number of esters is 1. The molecule has 2 rings (SSSR count). The fourth-order valence-electron chi connectivity index (χ4n) is 1.33. The topological polar surface area (TPSA) is 55.0 Å². The number of nitrogens with one attached hydrogen (secondary N) is 1. The largest absolute Gasteiger partial charge is 0.427 e. The fourth-order valence-corrected chi connectivity index (χ4v) is 1.33. The van der Waals surface area contributed by atoms with Crippen LogP contribution in [0, 0.1) is 12.3 Å². The summed E-state index contributed by atoms with van der Waals surface area (Å²) in [6, 6.07) is 5.10. The van der Waals surface area contributed by atoms with Crippen molar-refractivity contribution in [3.63, 3.8) is 0 Å². The summed E-state index contributed by atoms with van der Waals surface area (Å²) in [6.07, 6.45) is 5.28. The number of nitrogens with zero attached hydrogens (tertiary/aromatic N) is 1. The summed E-state index contributed by atoms with van der Waals surface area (Å²) in [5.41, 5.74) is 1.33. The Hall–Kier alpha value is -2.28. The number of aromatic nitrogens is 2. The molecule has 2 aromatic rings. The van der Waals surface area contributed by atoms with Gasteiger partial charge in [0.25, 0.3) is 0 Å². The van der Waals surface area contributed by atoms with E-state index in [0.29, 0.717) is 11.4 Å². The number of carbonyl (C=O) groups excluding carboxylic acids is 1. The van der Waals surface area contributed by atoms with Gasteiger partial charge in [-0.05, 0) is 18.2 Å². The molecule has 15 heavy (non-hydrogen) atoms. The molecule has 0 fully saturated rings. The van der Waals surface area contributed by atoms with E-state index in [1.54, 1.807) is 18.2 Å². The molecule has 1 N–H and O–H groups in total. The van der Waals surface area contributed by atoms with E-state index in [9.17, 15) is 4.79 Å². The van der Waals surface area contributed by atoms with Crippen molar-refractivity contribution in [1.82, 2.24) is 10.2 Å². The highest BCUT2D eigenvalue weighted by Crippen LogP contribution is 2.21. The molecule has 0 amide bonds. The first-order valence-electron chi connectivity index (χ1n) is 4.34. The number of hydrogen-bond donors (Lipinski definition) is 1. The van der Waals surface area contributed by atoms with Crippen molar-refractivity contribution in [2.75, 3.05) is 0 Å². The minimum absolute atomic E-state index is 0.361. The van der Waals surface area contributed by atoms with E-state index in [-0.39, 0.29) is 5.97 Å². The smallest absolute Gasteiger partial charge is 0.308 e. The number of terminal acetylenes is 1. The van der Waals surface area contributed by atoms with Gasteiger partial charge < -0.3 is 4.74 Å². The Morgan fingerprint density at radius 1 is 1.60 bits per heavy atom. The highest BCUT2D eigenvalue weighted by molar-refractivity contribution is 5.85. The Balaban J connectivity index is 2.54. The van der Waals surface area contributed by atoms with E-state index >= 15 is 0 Å². The average Bonchev–Trinajstić information content (AvgIpc) is 2.59. The predicted molar refractivity (Wildman–Crippen MR) is 55.3 cm³/mol. The number of carbonyl (C=O) groups is 1. The van der Waals surface area contributed by atoms with Crippen LogP contribution >= 0.6 is 0 Å². The van der Waals surface area contributed by atoms with Crippen molar-refractivity contribution >= 4 is 16.9 Å². The van der Waals surface area contributed by atoms with E-state index in [1.807, 2.05) is 0 Å². The second kappa shape index (κ2) is 3.46. The lowest BCUT2D eigenvalue weighted by molar-refractivity contribution is -0.131. The number of aromatic amines is 1. The van der Waals surface area contributed by atoms with Crippen molar-refractivity contribution in [2.24, 2.45) is 0 Å². The zero-order chi connectivity index (χ0) is 10.8. The molecule has 0 bridgehead atoms. The average molecular weight is 200 g/mol. The Morgan fingerprint density at radius 3 is 3.07 bits per heavy atom. The maximum absolute atomic E-state index is 10.8. The van der Waals surface area contributed by atoms with Crippen molar-refractivity contribution < 1.29 is 9.53 Å². The molecule has 0 radical (unpaired) electrons. The van der Waals surface area contributed by atoms with Crippen molar-refractivity contribution in [1.29, 1.82) is 0 Å². The van der Waals surface area contributed by atoms with Crippen LogP contribution in [-0.4, -0.2) is 16.2 Å². The molecule has 4 nitrogen and oxygen atoms in total. The van der Waals surface area contributed by atoms with Crippen LogP contribution in [0.5, 0.6) is 5.75 Å². The van der Waals surface area contributed by atoms with Crippen LogP contribution in [0.4, 0.5) is 0 Å². The molecule has 0 aliphatic carbocycles. The van der Waals surface area contributed by atoms with Crippen molar-refractivity contribution in [2.45, 2.75) is 6.92 Å². The third-order valence-electron chi connectivity index (χ3n) is 1.93. The monoisotopic (exact) mass is 200 g/mol. The molecule has 0 saturated heterocycles. The maximum atomic E-state index is 10.8. The summed E-state index contributed by atoms with van der Waals surface area (Å²) in [5, 5.41) is 7.49. The number of H-pyrrole nitrogens is 1. The quantitative estimate of drug-likeness (QED) is 0.431. The molecule has 1 aromatic carbocycles. The first-order valence-corrected chi connectivity index (χ1v) is 4.34. The van der Waals surface area contributed by atoms with E-state index in [4.69, 9.17) is 11.2 Å². The van der Waals surface area contributed by atoms with Gasteiger partial charge in [-0.3, -0.25) is 9.89 Å². The second-order valence-electron chi connectivity index (χ2n) is 3.02. The van der Waals surface area contributed by atoms with E-state index in [0.717, 1.165) is 10.9 Å². The fraction of sp³-hybridized carbons (Fsp3) is 0.0909. The van der Waals surface area contributed by atoms with Gasteiger partial charge in [-0.25, -0.2) is 0 Å². The van der Waals surface area contributed by atoms with Crippen LogP contribution in [0.25, 0.3) is 10.9 Å². The maximum Gasteiger partial charge on any atom is 0.308 e. The molecule has 0 aliphatic rings. The summed E-state index contributed by atoms with van der Waals surface area (Å²) >= 11 is 0. The highest BCUT2D eigenvalue weighted by Gasteiger charge is 2.05. The standard InChI is InChI=1S/C11H8N2O2/c1-3-10-9-6-8(15-7(2)14)4-5-11(9)13-12-10/h1,4-6H,2H3,(H,12,13). The third-order valence-corrected chi connectivity index (χ3v) is 1.93. The lowest BCUT2D eigenvalue weighted by Crippen LogP contribution is -2.00. The summed E-state index contributed by atoms with van der Waals surface area (Å²) in [7, 11) is 0. The van der Waals surface area contributed by atoms with Crippen LogP contribution in [0.2, 0.25) is 0 Å². The minimum atomic E-state index is -0.361. The molecule has 1 aromatic heterocycles. The van der Waals surface area contributed by atoms with Crippen LogP contribution in [0.15, 0.2) is 18.2 Å². The van der Waals surface area contributed by atoms with Gasteiger partial charge in [-0.2, -0.15) is 5.10 Å². The highest BCUT2D eigenvalue weighted by atomic mass is 16.5. The van der Waals surface area contributed by atoms with E-state index in [2.05, 4.69) is 16.1 Å². The first kappa shape index (κ1) is 9.28. The van der Waals surface area contributed by atoms with E-state index in [1.165, 1.54) is 6.92 Å². The molecule has 4 heteroatoms. The third kappa shape index (κ3) is 1.67. The zero-order valence-electron chi connectivity index (χ0n) is 8.07. The Kier molecular flexibility index (Phi) is 2.14. The van der Waals surface area contributed by atoms with Crippen molar-refractivity contribution in [3.05, 3.63) is 23.9 Å². The SMILES string of the molecule is C#Cc1[nH]nc2ccc(OC(C)=O)cc12. The molecule has 74 valence electrons. The Bertz CT molecular complexity index is 563. The molecular weight excluding hydrogens is 192 g/mol. The lowest BCUT2D eigenvalue weighted by Gasteiger charge is -1.99. The van der Waals surface area contributed by atoms with Gasteiger partial charge in [-0.15, -0.1) is 6.42 Å². The Labute approximate surface area is 86.2 Å². The molecule has 1 heterocycles. The number of fused-ring (bicyclic) bond motifs is 1. The molecule has 0 saturated carbocycles. The number of hydrogen-bond acceptors (Lipinski definition) is 3. The van der Waals surface area contributed by atoms with Gasteiger partial charge in [-0.1, -0.05) is 5.92 Å². The summed E-state index contributed by atoms with van der Waals surface area (Å²) in [5.74, 6) is 2.58. The van der Waals surface area contributed by atoms with Gasteiger partial charge in [0, 0.05) is 12.3 Å². The van der Waals surface area contributed by atoms with Gasteiger partial charge in [0.15, 0.2) is 0 Å². The van der Waals surface area contributed by atoms with E-state index < -0.39 is 0 Å². The predicted octanol–water partition coefficient (Wildman–Crippen LogP) is 1.47. The molecular formula is C11H8N2O2. The van der Waals surface area contributed by atoms with Gasteiger partial charge in [0.1, 0.15) is 11.4 Å². The summed E-state index contributed by atoms with van der Waals surface area (Å²) in [4.78, 5) is 10.8. The Morgan fingerprint density at radius 2 is 2.40 bits per heavy atom. The van der Waals surface area contributed by atoms with Crippen LogP contribution in [0.3, 0.4) is 0 Å². The van der Waals surface area contributed by atoms with Gasteiger partial charge in [0.2, 0.25) is 0 Å². The first-order chi connectivity index (χ1) is 7.20. The van der Waals surface area contributed by atoms with Crippen LogP contribution in [0.1, 0.15) is 12.6 Å². The summed E-state index contributed by atoms with van der Waals surface area (Å²) < 4.78 is 4.94. The van der Waals surface area contributed by atoms with Crippen molar-refractivity contribution in [3.8, 4) is 18.1 Å². The van der Waals surface area contributed by atoms with Gasteiger partial charge in [0.05, 0.1) is 5.52 Å².